The lowest BCUT2D eigenvalue weighted by atomic mass is 9.98. The van der Waals surface area contributed by atoms with Crippen molar-refractivity contribution >= 4 is 27.3 Å². The molecule has 1 aliphatic heterocycles. The summed E-state index contributed by atoms with van der Waals surface area (Å²) < 4.78 is 1.22. The van der Waals surface area contributed by atoms with E-state index in [0.29, 0.717) is 12.1 Å². The van der Waals surface area contributed by atoms with Gasteiger partial charge in [-0.1, -0.05) is 20.8 Å². The highest BCUT2D eigenvalue weighted by atomic mass is 79.9. The minimum absolute atomic E-state index is 0.659. The molecule has 2 rings (SSSR count). The van der Waals surface area contributed by atoms with Crippen LogP contribution in [0.4, 0.5) is 0 Å². The Labute approximate surface area is 129 Å². The van der Waals surface area contributed by atoms with Crippen LogP contribution in [0.25, 0.3) is 0 Å². The van der Waals surface area contributed by atoms with Crippen molar-refractivity contribution in [2.75, 3.05) is 13.1 Å². The van der Waals surface area contributed by atoms with E-state index in [2.05, 4.69) is 58.4 Å². The maximum absolute atomic E-state index is 3.70. The van der Waals surface area contributed by atoms with Crippen LogP contribution in [0.15, 0.2) is 15.9 Å². The van der Waals surface area contributed by atoms with E-state index < -0.39 is 0 Å². The second kappa shape index (κ2) is 7.21. The second-order valence-electron chi connectivity index (χ2n) is 5.96. The number of piperazine rings is 1. The van der Waals surface area contributed by atoms with Gasteiger partial charge in [0.15, 0.2) is 0 Å². The number of hydrogen-bond acceptors (Lipinski definition) is 3. The molecular formula is C15H25BrN2S. The number of rotatable bonds is 5. The molecular weight excluding hydrogens is 320 g/mol. The molecule has 0 aliphatic carbocycles. The molecule has 0 amide bonds. The monoisotopic (exact) mass is 344 g/mol. The third-order valence-electron chi connectivity index (χ3n) is 3.83. The normalized spacial score (nSPS) is 25.1. The molecule has 2 nitrogen and oxygen atoms in total. The first kappa shape index (κ1) is 15.5. The third kappa shape index (κ3) is 4.55. The molecule has 19 heavy (non-hydrogen) atoms. The van der Waals surface area contributed by atoms with E-state index in [-0.39, 0.29) is 0 Å². The Morgan fingerprint density at radius 2 is 2.32 bits per heavy atom. The lowest BCUT2D eigenvalue weighted by Gasteiger charge is -2.41. The molecule has 1 saturated heterocycles. The molecule has 2 atom stereocenters. The average molecular weight is 345 g/mol. The fraction of sp³-hybridized carbons (Fsp3) is 0.733. The summed E-state index contributed by atoms with van der Waals surface area (Å²) in [6, 6.07) is 3.61. The fourth-order valence-corrected chi connectivity index (χ4v) is 4.28. The summed E-state index contributed by atoms with van der Waals surface area (Å²) in [5.74, 6) is 0.766. The van der Waals surface area contributed by atoms with Crippen LogP contribution < -0.4 is 5.32 Å². The highest BCUT2D eigenvalue weighted by Crippen LogP contribution is 2.24. The summed E-state index contributed by atoms with van der Waals surface area (Å²) >= 11 is 5.42. The molecule has 4 heteroatoms. The summed E-state index contributed by atoms with van der Waals surface area (Å²) in [6.07, 6.45) is 2.51. The smallest absolute Gasteiger partial charge is 0.0332 e. The molecule has 0 radical (unpaired) electrons. The molecule has 1 N–H and O–H groups in total. The lowest BCUT2D eigenvalue weighted by Crippen LogP contribution is -2.56. The van der Waals surface area contributed by atoms with Crippen LogP contribution in [0, 0.1) is 5.92 Å². The van der Waals surface area contributed by atoms with Crippen LogP contribution in [-0.2, 0) is 6.54 Å². The van der Waals surface area contributed by atoms with Crippen LogP contribution in [-0.4, -0.2) is 30.1 Å². The van der Waals surface area contributed by atoms with Crippen molar-refractivity contribution in [3.05, 3.63) is 20.8 Å². The first-order valence-corrected chi connectivity index (χ1v) is 8.96. The molecule has 1 fully saturated rings. The summed E-state index contributed by atoms with van der Waals surface area (Å²) in [6.45, 7) is 10.4. The van der Waals surface area contributed by atoms with Crippen molar-refractivity contribution in [3.8, 4) is 0 Å². The van der Waals surface area contributed by atoms with Crippen molar-refractivity contribution in [1.82, 2.24) is 10.2 Å². The molecule has 1 aromatic heterocycles. The molecule has 0 aromatic carbocycles. The zero-order valence-electron chi connectivity index (χ0n) is 12.2. The Morgan fingerprint density at radius 3 is 2.89 bits per heavy atom. The highest BCUT2D eigenvalue weighted by molar-refractivity contribution is 9.10. The zero-order valence-corrected chi connectivity index (χ0v) is 14.6. The number of halogens is 1. The van der Waals surface area contributed by atoms with Gasteiger partial charge in [0.2, 0.25) is 0 Å². The first-order chi connectivity index (χ1) is 9.08. The van der Waals surface area contributed by atoms with Gasteiger partial charge in [0.25, 0.3) is 0 Å². The lowest BCUT2D eigenvalue weighted by molar-refractivity contribution is 0.106. The van der Waals surface area contributed by atoms with Crippen molar-refractivity contribution in [2.45, 2.75) is 52.2 Å². The second-order valence-corrected chi connectivity index (χ2v) is 7.87. The SMILES string of the molecule is CCC1CN(Cc2cc(Br)cs2)C(CC(C)C)CN1. The van der Waals surface area contributed by atoms with E-state index >= 15 is 0 Å². The first-order valence-electron chi connectivity index (χ1n) is 7.28. The van der Waals surface area contributed by atoms with Gasteiger partial charge in [0.05, 0.1) is 0 Å². The highest BCUT2D eigenvalue weighted by Gasteiger charge is 2.27. The van der Waals surface area contributed by atoms with Crippen LogP contribution in [0.2, 0.25) is 0 Å². The maximum atomic E-state index is 3.70. The van der Waals surface area contributed by atoms with E-state index in [1.165, 1.54) is 28.7 Å². The molecule has 0 saturated carbocycles. The third-order valence-corrected chi connectivity index (χ3v) is 5.51. The van der Waals surface area contributed by atoms with Crippen molar-refractivity contribution in [2.24, 2.45) is 5.92 Å². The Hall–Kier alpha value is 0.1000. The van der Waals surface area contributed by atoms with Crippen LogP contribution in [0.5, 0.6) is 0 Å². The van der Waals surface area contributed by atoms with Gasteiger partial charge in [-0.2, -0.15) is 0 Å². The Balaban J connectivity index is 2.01. The molecule has 2 unspecified atom stereocenters. The van der Waals surface area contributed by atoms with E-state index in [1.54, 1.807) is 0 Å². The largest absolute Gasteiger partial charge is 0.311 e. The van der Waals surface area contributed by atoms with Crippen LogP contribution in [0.1, 0.15) is 38.5 Å². The molecule has 108 valence electrons. The van der Waals surface area contributed by atoms with Gasteiger partial charge in [0, 0.05) is 46.4 Å². The van der Waals surface area contributed by atoms with E-state index in [4.69, 9.17) is 0 Å². The van der Waals surface area contributed by atoms with Gasteiger partial charge in [-0.3, -0.25) is 4.90 Å². The zero-order chi connectivity index (χ0) is 13.8. The predicted octanol–water partition coefficient (Wildman–Crippen LogP) is 4.11. The Morgan fingerprint density at radius 1 is 1.53 bits per heavy atom. The maximum Gasteiger partial charge on any atom is 0.0332 e. The van der Waals surface area contributed by atoms with Crippen molar-refractivity contribution in [1.29, 1.82) is 0 Å². The van der Waals surface area contributed by atoms with Crippen LogP contribution in [0.3, 0.4) is 0 Å². The standard InChI is InChI=1S/C15H25BrN2S/c1-4-13-8-18(9-15-6-12(16)10-19-15)14(7-17-13)5-11(2)3/h6,10-11,13-14,17H,4-5,7-9H2,1-3H3. The van der Waals surface area contributed by atoms with Crippen molar-refractivity contribution < 1.29 is 0 Å². The average Bonchev–Trinajstić information content (AvgIpc) is 2.76. The molecule has 0 bridgehead atoms. The molecule has 1 aromatic rings. The Bertz CT molecular complexity index is 391. The van der Waals surface area contributed by atoms with Gasteiger partial charge in [-0.25, -0.2) is 0 Å². The van der Waals surface area contributed by atoms with Crippen LogP contribution >= 0.6 is 27.3 Å². The number of thiophene rings is 1. The summed E-state index contributed by atoms with van der Waals surface area (Å²) in [5.41, 5.74) is 0. The van der Waals surface area contributed by atoms with E-state index in [1.807, 2.05) is 11.3 Å². The fourth-order valence-electron chi connectivity index (χ4n) is 2.81. The van der Waals surface area contributed by atoms with E-state index in [9.17, 15) is 0 Å². The van der Waals surface area contributed by atoms with Crippen molar-refractivity contribution in [3.63, 3.8) is 0 Å². The van der Waals surface area contributed by atoms with Gasteiger partial charge in [-0.15, -0.1) is 11.3 Å². The predicted molar refractivity (Wildman–Crippen MR) is 87.8 cm³/mol. The Kier molecular flexibility index (Phi) is 5.87. The number of nitrogens with one attached hydrogen (secondary N) is 1. The molecule has 2 heterocycles. The summed E-state index contributed by atoms with van der Waals surface area (Å²) in [7, 11) is 0. The minimum atomic E-state index is 0.659. The minimum Gasteiger partial charge on any atom is -0.311 e. The topological polar surface area (TPSA) is 15.3 Å². The molecule has 1 aliphatic rings. The molecule has 0 spiro atoms. The van der Waals surface area contributed by atoms with Gasteiger partial charge in [-0.05, 0) is 40.8 Å². The van der Waals surface area contributed by atoms with Gasteiger partial charge < -0.3 is 5.32 Å². The summed E-state index contributed by atoms with van der Waals surface area (Å²) in [4.78, 5) is 4.15. The summed E-state index contributed by atoms with van der Waals surface area (Å²) in [5, 5.41) is 5.88. The quantitative estimate of drug-likeness (QED) is 0.864. The number of hydrogen-bond donors (Lipinski definition) is 1. The van der Waals surface area contributed by atoms with Gasteiger partial charge in [0.1, 0.15) is 0 Å². The van der Waals surface area contributed by atoms with Gasteiger partial charge >= 0.3 is 0 Å². The van der Waals surface area contributed by atoms with E-state index in [0.717, 1.165) is 19.0 Å². The number of nitrogens with zero attached hydrogens (tertiary/aromatic N) is 1.